The van der Waals surface area contributed by atoms with Crippen molar-refractivity contribution in [2.75, 3.05) is 13.7 Å². The molecule has 22 heavy (non-hydrogen) atoms. The number of rotatable bonds is 7. The zero-order chi connectivity index (χ0) is 15.8. The SMILES string of the molecule is COc1cccc(COC(C)C(=O)NCC2CCCCC2)c1. The predicted octanol–water partition coefficient (Wildman–Crippen LogP) is 3.30. The van der Waals surface area contributed by atoms with Gasteiger partial charge in [-0.15, -0.1) is 0 Å². The first-order valence-electron chi connectivity index (χ1n) is 8.21. The van der Waals surface area contributed by atoms with Crippen LogP contribution in [-0.4, -0.2) is 25.7 Å². The molecule has 0 aromatic heterocycles. The van der Waals surface area contributed by atoms with Crippen LogP contribution < -0.4 is 10.1 Å². The van der Waals surface area contributed by atoms with Gasteiger partial charge in [0.15, 0.2) is 0 Å². The lowest BCUT2D eigenvalue weighted by molar-refractivity contribution is -0.132. The average Bonchev–Trinajstić information content (AvgIpc) is 2.58. The topological polar surface area (TPSA) is 47.6 Å². The summed E-state index contributed by atoms with van der Waals surface area (Å²) >= 11 is 0. The fraction of sp³-hybridized carbons (Fsp3) is 0.611. The van der Waals surface area contributed by atoms with Crippen LogP contribution in [0.1, 0.15) is 44.6 Å². The van der Waals surface area contributed by atoms with Crippen molar-refractivity contribution in [2.24, 2.45) is 5.92 Å². The van der Waals surface area contributed by atoms with Gasteiger partial charge in [0.1, 0.15) is 11.9 Å². The number of nitrogens with one attached hydrogen (secondary N) is 1. The van der Waals surface area contributed by atoms with Gasteiger partial charge in [0.2, 0.25) is 5.91 Å². The standard InChI is InChI=1S/C18H27NO3/c1-14(18(20)19-12-15-7-4-3-5-8-15)22-13-16-9-6-10-17(11-16)21-2/h6,9-11,14-15H,3-5,7-8,12-13H2,1-2H3,(H,19,20). The van der Waals surface area contributed by atoms with Crippen molar-refractivity contribution in [3.05, 3.63) is 29.8 Å². The van der Waals surface area contributed by atoms with Crippen molar-refractivity contribution in [1.29, 1.82) is 0 Å². The Hall–Kier alpha value is -1.55. The van der Waals surface area contributed by atoms with E-state index in [9.17, 15) is 4.79 Å². The van der Waals surface area contributed by atoms with Gasteiger partial charge in [-0.1, -0.05) is 31.4 Å². The Kier molecular flexibility index (Phi) is 6.72. The molecule has 0 radical (unpaired) electrons. The number of amides is 1. The quantitative estimate of drug-likeness (QED) is 0.841. The third-order valence-corrected chi connectivity index (χ3v) is 4.29. The molecule has 0 aliphatic heterocycles. The molecule has 4 heteroatoms. The van der Waals surface area contributed by atoms with Crippen LogP contribution in [0.3, 0.4) is 0 Å². The third-order valence-electron chi connectivity index (χ3n) is 4.29. The lowest BCUT2D eigenvalue weighted by Gasteiger charge is -2.22. The van der Waals surface area contributed by atoms with Crippen LogP contribution in [0.25, 0.3) is 0 Å². The minimum absolute atomic E-state index is 0.0199. The molecular formula is C18H27NO3. The van der Waals surface area contributed by atoms with Crippen LogP contribution in [0.15, 0.2) is 24.3 Å². The van der Waals surface area contributed by atoms with Gasteiger partial charge in [0, 0.05) is 6.54 Å². The molecular weight excluding hydrogens is 278 g/mol. The van der Waals surface area contributed by atoms with E-state index in [1.807, 2.05) is 24.3 Å². The highest BCUT2D eigenvalue weighted by atomic mass is 16.5. The van der Waals surface area contributed by atoms with E-state index in [4.69, 9.17) is 9.47 Å². The third kappa shape index (κ3) is 5.34. The number of hydrogen-bond acceptors (Lipinski definition) is 3. The van der Waals surface area contributed by atoms with E-state index < -0.39 is 6.10 Å². The summed E-state index contributed by atoms with van der Waals surface area (Å²) in [6.45, 7) is 3.00. The van der Waals surface area contributed by atoms with Crippen molar-refractivity contribution in [3.63, 3.8) is 0 Å². The van der Waals surface area contributed by atoms with Crippen LogP contribution in [0.2, 0.25) is 0 Å². The summed E-state index contributed by atoms with van der Waals surface area (Å²) in [5.74, 6) is 1.42. The Morgan fingerprint density at radius 1 is 1.32 bits per heavy atom. The fourth-order valence-electron chi connectivity index (χ4n) is 2.84. The van der Waals surface area contributed by atoms with Crippen LogP contribution in [0, 0.1) is 5.92 Å². The van der Waals surface area contributed by atoms with Crippen LogP contribution in [0.4, 0.5) is 0 Å². The molecule has 1 fully saturated rings. The Morgan fingerprint density at radius 2 is 2.09 bits per heavy atom. The smallest absolute Gasteiger partial charge is 0.248 e. The molecule has 1 aromatic carbocycles. The average molecular weight is 305 g/mol. The zero-order valence-corrected chi connectivity index (χ0v) is 13.6. The first-order chi connectivity index (χ1) is 10.7. The maximum atomic E-state index is 12.1. The summed E-state index contributed by atoms with van der Waals surface area (Å²) in [5, 5.41) is 3.02. The van der Waals surface area contributed by atoms with Crippen molar-refractivity contribution in [3.8, 4) is 5.75 Å². The number of methoxy groups -OCH3 is 1. The molecule has 2 rings (SSSR count). The predicted molar refractivity (Wildman–Crippen MR) is 86.8 cm³/mol. The van der Waals surface area contributed by atoms with Gasteiger partial charge in [-0.2, -0.15) is 0 Å². The highest BCUT2D eigenvalue weighted by Crippen LogP contribution is 2.22. The zero-order valence-electron chi connectivity index (χ0n) is 13.6. The van der Waals surface area contributed by atoms with E-state index in [0.717, 1.165) is 17.9 Å². The summed E-state index contributed by atoms with van der Waals surface area (Å²) in [7, 11) is 1.64. The van der Waals surface area contributed by atoms with E-state index in [0.29, 0.717) is 12.5 Å². The first kappa shape index (κ1) is 16.8. The van der Waals surface area contributed by atoms with Gasteiger partial charge in [0.25, 0.3) is 0 Å². The molecule has 1 saturated carbocycles. The molecule has 1 aliphatic carbocycles. The van der Waals surface area contributed by atoms with Crippen molar-refractivity contribution in [2.45, 2.75) is 51.7 Å². The van der Waals surface area contributed by atoms with E-state index in [2.05, 4.69) is 5.32 Å². The maximum absolute atomic E-state index is 12.1. The van der Waals surface area contributed by atoms with Gasteiger partial charge in [0.05, 0.1) is 13.7 Å². The summed E-state index contributed by atoms with van der Waals surface area (Å²) in [5.41, 5.74) is 1.01. The lowest BCUT2D eigenvalue weighted by Crippen LogP contribution is -2.37. The normalized spacial score (nSPS) is 17.0. The minimum atomic E-state index is -0.435. The first-order valence-corrected chi connectivity index (χ1v) is 8.21. The second-order valence-corrected chi connectivity index (χ2v) is 6.05. The molecule has 0 heterocycles. The largest absolute Gasteiger partial charge is 0.497 e. The highest BCUT2D eigenvalue weighted by molar-refractivity contribution is 5.80. The Bertz CT molecular complexity index is 469. The molecule has 122 valence electrons. The molecule has 1 aromatic rings. The van der Waals surface area contributed by atoms with Gasteiger partial charge >= 0.3 is 0 Å². The molecule has 1 amide bonds. The summed E-state index contributed by atoms with van der Waals surface area (Å²) < 4.78 is 10.8. The van der Waals surface area contributed by atoms with E-state index >= 15 is 0 Å². The molecule has 0 bridgehead atoms. The molecule has 1 unspecified atom stereocenters. The molecule has 0 saturated heterocycles. The number of ether oxygens (including phenoxy) is 2. The summed E-state index contributed by atoms with van der Waals surface area (Å²) in [6.07, 6.45) is 5.96. The van der Waals surface area contributed by atoms with Gasteiger partial charge in [-0.05, 0) is 43.4 Å². The van der Waals surface area contributed by atoms with Gasteiger partial charge in [-0.25, -0.2) is 0 Å². The molecule has 1 aliphatic rings. The number of carbonyl (C=O) groups is 1. The van der Waals surface area contributed by atoms with Crippen LogP contribution in [-0.2, 0) is 16.1 Å². The van der Waals surface area contributed by atoms with E-state index in [1.54, 1.807) is 14.0 Å². The molecule has 1 N–H and O–H groups in total. The van der Waals surface area contributed by atoms with Gasteiger partial charge < -0.3 is 14.8 Å². The Balaban J connectivity index is 1.71. The molecule has 0 spiro atoms. The summed E-state index contributed by atoms with van der Waals surface area (Å²) in [4.78, 5) is 12.1. The Morgan fingerprint density at radius 3 is 2.82 bits per heavy atom. The molecule has 1 atom stereocenters. The fourth-order valence-corrected chi connectivity index (χ4v) is 2.84. The molecule has 4 nitrogen and oxygen atoms in total. The number of hydrogen-bond donors (Lipinski definition) is 1. The van der Waals surface area contributed by atoms with Crippen LogP contribution >= 0.6 is 0 Å². The van der Waals surface area contributed by atoms with E-state index in [-0.39, 0.29) is 5.91 Å². The van der Waals surface area contributed by atoms with Crippen molar-refractivity contribution < 1.29 is 14.3 Å². The maximum Gasteiger partial charge on any atom is 0.248 e. The summed E-state index contributed by atoms with van der Waals surface area (Å²) in [6, 6.07) is 7.71. The lowest BCUT2D eigenvalue weighted by atomic mass is 9.89. The van der Waals surface area contributed by atoms with Crippen molar-refractivity contribution >= 4 is 5.91 Å². The van der Waals surface area contributed by atoms with Gasteiger partial charge in [-0.3, -0.25) is 4.79 Å². The second-order valence-electron chi connectivity index (χ2n) is 6.05. The second kappa shape index (κ2) is 8.79. The number of benzene rings is 1. The highest BCUT2D eigenvalue weighted by Gasteiger charge is 2.17. The minimum Gasteiger partial charge on any atom is -0.497 e. The Labute approximate surface area is 133 Å². The number of carbonyl (C=O) groups excluding carboxylic acids is 1. The van der Waals surface area contributed by atoms with E-state index in [1.165, 1.54) is 32.1 Å². The monoisotopic (exact) mass is 305 g/mol. The van der Waals surface area contributed by atoms with Crippen molar-refractivity contribution in [1.82, 2.24) is 5.32 Å². The van der Waals surface area contributed by atoms with Crippen LogP contribution in [0.5, 0.6) is 5.75 Å².